The molecular formula is C10H15NO2. The molecule has 0 fully saturated rings. The van der Waals surface area contributed by atoms with Gasteiger partial charge in [-0.15, -0.1) is 0 Å². The molecule has 1 aromatic rings. The summed E-state index contributed by atoms with van der Waals surface area (Å²) in [6.45, 7) is 3.32. The second-order valence-electron chi connectivity index (χ2n) is 2.94. The molecule has 0 radical (unpaired) electrons. The zero-order chi connectivity index (χ0) is 9.68. The highest BCUT2D eigenvalue weighted by Crippen LogP contribution is 2.23. The van der Waals surface area contributed by atoms with Crippen LogP contribution in [-0.2, 0) is 4.74 Å². The van der Waals surface area contributed by atoms with E-state index < -0.39 is 0 Å². The lowest BCUT2D eigenvalue weighted by Crippen LogP contribution is -2.07. The van der Waals surface area contributed by atoms with Gasteiger partial charge in [0.1, 0.15) is 5.75 Å². The van der Waals surface area contributed by atoms with Crippen molar-refractivity contribution >= 4 is 5.69 Å². The van der Waals surface area contributed by atoms with Crippen molar-refractivity contribution in [3.63, 3.8) is 0 Å². The van der Waals surface area contributed by atoms with E-state index in [-0.39, 0.29) is 5.75 Å². The molecule has 3 nitrogen and oxygen atoms in total. The fourth-order valence-electron chi connectivity index (χ4n) is 1.08. The number of anilines is 1. The summed E-state index contributed by atoms with van der Waals surface area (Å²) in [5, 5.41) is 12.5. The predicted octanol–water partition coefficient (Wildman–Crippen LogP) is 1.76. The van der Waals surface area contributed by atoms with E-state index >= 15 is 0 Å². The molecule has 0 atom stereocenters. The molecule has 0 saturated heterocycles. The molecule has 0 unspecified atom stereocenters. The number of phenols is 1. The Hall–Kier alpha value is -1.22. The quantitative estimate of drug-likeness (QED) is 0.549. The number of rotatable bonds is 4. The lowest BCUT2D eigenvalue weighted by Gasteiger charge is -2.08. The number of hydrogen-bond donors (Lipinski definition) is 2. The summed E-state index contributed by atoms with van der Waals surface area (Å²) in [6.07, 6.45) is 0. The molecule has 3 heteroatoms. The number of ether oxygens (including phenoxy) is 1. The van der Waals surface area contributed by atoms with Crippen LogP contribution in [0.5, 0.6) is 5.75 Å². The van der Waals surface area contributed by atoms with E-state index in [1.807, 2.05) is 19.1 Å². The van der Waals surface area contributed by atoms with Gasteiger partial charge in [0, 0.05) is 13.7 Å². The summed E-state index contributed by atoms with van der Waals surface area (Å²) < 4.78 is 4.89. The van der Waals surface area contributed by atoms with E-state index in [0.717, 1.165) is 11.3 Å². The molecule has 0 heterocycles. The molecule has 0 aliphatic rings. The second kappa shape index (κ2) is 4.72. The molecule has 0 aliphatic heterocycles. The summed E-state index contributed by atoms with van der Waals surface area (Å²) in [7, 11) is 1.65. The summed E-state index contributed by atoms with van der Waals surface area (Å²) in [5.74, 6) is 0.279. The van der Waals surface area contributed by atoms with Gasteiger partial charge in [-0.3, -0.25) is 0 Å². The van der Waals surface area contributed by atoms with Crippen LogP contribution in [0.1, 0.15) is 5.56 Å². The van der Waals surface area contributed by atoms with Crippen molar-refractivity contribution in [1.29, 1.82) is 0 Å². The summed E-state index contributed by atoms with van der Waals surface area (Å²) >= 11 is 0. The highest BCUT2D eigenvalue weighted by Gasteiger charge is 1.98. The van der Waals surface area contributed by atoms with Gasteiger partial charge < -0.3 is 15.2 Å². The Morgan fingerprint density at radius 3 is 2.92 bits per heavy atom. The van der Waals surface area contributed by atoms with E-state index in [9.17, 15) is 5.11 Å². The van der Waals surface area contributed by atoms with Crippen LogP contribution in [0.3, 0.4) is 0 Å². The highest BCUT2D eigenvalue weighted by molar-refractivity contribution is 5.57. The molecule has 13 heavy (non-hydrogen) atoms. The maximum Gasteiger partial charge on any atom is 0.138 e. The van der Waals surface area contributed by atoms with E-state index in [0.29, 0.717) is 13.2 Å². The van der Waals surface area contributed by atoms with Gasteiger partial charge in [-0.05, 0) is 24.6 Å². The van der Waals surface area contributed by atoms with Gasteiger partial charge in [-0.1, -0.05) is 6.07 Å². The largest absolute Gasteiger partial charge is 0.506 e. The lowest BCUT2D eigenvalue weighted by atomic mass is 10.2. The predicted molar refractivity (Wildman–Crippen MR) is 53.2 cm³/mol. The summed E-state index contributed by atoms with van der Waals surface area (Å²) in [5.41, 5.74) is 1.88. The second-order valence-corrected chi connectivity index (χ2v) is 2.94. The number of benzene rings is 1. The molecule has 0 amide bonds. The zero-order valence-electron chi connectivity index (χ0n) is 8.00. The van der Waals surface area contributed by atoms with Gasteiger partial charge in [0.25, 0.3) is 0 Å². The Balaban J connectivity index is 2.59. The first-order valence-electron chi connectivity index (χ1n) is 4.26. The average molecular weight is 181 g/mol. The number of aromatic hydroxyl groups is 1. The number of nitrogens with one attached hydrogen (secondary N) is 1. The lowest BCUT2D eigenvalue weighted by molar-refractivity contribution is 0.210. The van der Waals surface area contributed by atoms with Crippen molar-refractivity contribution in [3.8, 4) is 5.75 Å². The van der Waals surface area contributed by atoms with Crippen LogP contribution < -0.4 is 5.32 Å². The zero-order valence-corrected chi connectivity index (χ0v) is 8.00. The third kappa shape index (κ3) is 2.95. The smallest absolute Gasteiger partial charge is 0.138 e. The topological polar surface area (TPSA) is 41.5 Å². The van der Waals surface area contributed by atoms with E-state index in [2.05, 4.69) is 5.32 Å². The Morgan fingerprint density at radius 2 is 2.23 bits per heavy atom. The highest BCUT2D eigenvalue weighted by atomic mass is 16.5. The first kappa shape index (κ1) is 9.86. The molecule has 2 N–H and O–H groups in total. The van der Waals surface area contributed by atoms with Gasteiger partial charge in [-0.2, -0.15) is 0 Å². The van der Waals surface area contributed by atoms with Crippen LogP contribution in [-0.4, -0.2) is 25.4 Å². The fourth-order valence-corrected chi connectivity index (χ4v) is 1.08. The average Bonchev–Trinajstić information content (AvgIpc) is 2.11. The van der Waals surface area contributed by atoms with Crippen molar-refractivity contribution in [3.05, 3.63) is 23.8 Å². The Bertz CT molecular complexity index is 274. The van der Waals surface area contributed by atoms with Gasteiger partial charge in [0.2, 0.25) is 0 Å². The fraction of sp³-hybridized carbons (Fsp3) is 0.400. The molecule has 1 aromatic carbocycles. The Morgan fingerprint density at radius 1 is 1.46 bits per heavy atom. The molecule has 0 spiro atoms. The molecule has 72 valence electrons. The van der Waals surface area contributed by atoms with Crippen molar-refractivity contribution < 1.29 is 9.84 Å². The van der Waals surface area contributed by atoms with Crippen LogP contribution >= 0.6 is 0 Å². The third-order valence-electron chi connectivity index (χ3n) is 1.77. The van der Waals surface area contributed by atoms with E-state index in [4.69, 9.17) is 4.74 Å². The standard InChI is InChI=1S/C10H15NO2/c1-8-3-4-10(12)9(7-8)11-5-6-13-2/h3-4,7,11-12H,5-6H2,1-2H3. The molecule has 1 rings (SSSR count). The minimum Gasteiger partial charge on any atom is -0.506 e. The van der Waals surface area contributed by atoms with Gasteiger partial charge in [-0.25, -0.2) is 0 Å². The number of aryl methyl sites for hydroxylation is 1. The Labute approximate surface area is 78.3 Å². The first-order valence-corrected chi connectivity index (χ1v) is 4.26. The minimum atomic E-state index is 0.279. The normalized spacial score (nSPS) is 10.0. The van der Waals surface area contributed by atoms with Crippen LogP contribution in [0.2, 0.25) is 0 Å². The van der Waals surface area contributed by atoms with Gasteiger partial charge in [0.15, 0.2) is 0 Å². The number of phenolic OH excluding ortho intramolecular Hbond substituents is 1. The number of hydrogen-bond acceptors (Lipinski definition) is 3. The van der Waals surface area contributed by atoms with Gasteiger partial charge in [0.05, 0.1) is 12.3 Å². The maximum atomic E-state index is 9.43. The van der Waals surface area contributed by atoms with E-state index in [1.165, 1.54) is 0 Å². The van der Waals surface area contributed by atoms with Crippen molar-refractivity contribution in [2.45, 2.75) is 6.92 Å². The minimum absolute atomic E-state index is 0.279. The molecule has 0 saturated carbocycles. The van der Waals surface area contributed by atoms with Gasteiger partial charge >= 0.3 is 0 Å². The van der Waals surface area contributed by atoms with E-state index in [1.54, 1.807) is 13.2 Å². The molecule has 0 aromatic heterocycles. The monoisotopic (exact) mass is 181 g/mol. The maximum absolute atomic E-state index is 9.43. The summed E-state index contributed by atoms with van der Waals surface area (Å²) in [4.78, 5) is 0. The molecular weight excluding hydrogens is 166 g/mol. The van der Waals surface area contributed by atoms with Crippen molar-refractivity contribution in [2.75, 3.05) is 25.6 Å². The SMILES string of the molecule is COCCNc1cc(C)ccc1O. The first-order chi connectivity index (χ1) is 6.24. The van der Waals surface area contributed by atoms with Crippen LogP contribution in [0.25, 0.3) is 0 Å². The third-order valence-corrected chi connectivity index (χ3v) is 1.77. The number of methoxy groups -OCH3 is 1. The molecule has 0 bridgehead atoms. The van der Waals surface area contributed by atoms with Crippen LogP contribution in [0.4, 0.5) is 5.69 Å². The van der Waals surface area contributed by atoms with Crippen molar-refractivity contribution in [2.24, 2.45) is 0 Å². The van der Waals surface area contributed by atoms with Crippen molar-refractivity contribution in [1.82, 2.24) is 0 Å². The molecule has 0 aliphatic carbocycles. The van der Waals surface area contributed by atoms with Crippen LogP contribution in [0.15, 0.2) is 18.2 Å². The summed E-state index contributed by atoms with van der Waals surface area (Å²) in [6, 6.07) is 5.46. The Kier molecular flexibility index (Phi) is 3.58. The van der Waals surface area contributed by atoms with Crippen LogP contribution in [0, 0.1) is 6.92 Å².